The van der Waals surface area contributed by atoms with E-state index in [4.69, 9.17) is 0 Å². The van der Waals surface area contributed by atoms with E-state index in [1.54, 1.807) is 47.8 Å². The third-order valence-electron chi connectivity index (χ3n) is 3.47. The molecule has 0 fully saturated rings. The van der Waals surface area contributed by atoms with E-state index >= 15 is 0 Å². The van der Waals surface area contributed by atoms with Crippen LogP contribution in [0.2, 0.25) is 0 Å². The van der Waals surface area contributed by atoms with Gasteiger partial charge in [0, 0.05) is 17.4 Å². The van der Waals surface area contributed by atoms with E-state index in [-0.39, 0.29) is 17.2 Å². The quantitative estimate of drug-likeness (QED) is 0.522. The maximum atomic E-state index is 12.4. The number of rotatable bonds is 5. The van der Waals surface area contributed by atoms with E-state index in [1.165, 1.54) is 29.5 Å². The second-order valence-electron chi connectivity index (χ2n) is 5.24. The van der Waals surface area contributed by atoms with E-state index in [2.05, 4.69) is 10.6 Å². The number of nitro groups is 1. The Bertz CT molecular complexity index is 970. The molecule has 0 saturated heterocycles. The SMILES string of the molecule is O=C(Nc1cccc(NC(=O)c2ccccc2[N+](=O)[O-])c1)c1cccs1. The lowest BCUT2D eigenvalue weighted by Crippen LogP contribution is -2.14. The summed E-state index contributed by atoms with van der Waals surface area (Å²) in [5.74, 6) is -0.846. The maximum Gasteiger partial charge on any atom is 0.282 e. The molecule has 0 spiro atoms. The van der Waals surface area contributed by atoms with Gasteiger partial charge in [-0.2, -0.15) is 0 Å². The molecule has 7 nitrogen and oxygen atoms in total. The number of hydrogen-bond donors (Lipinski definition) is 2. The minimum atomic E-state index is -0.605. The number of anilines is 2. The molecule has 0 saturated carbocycles. The number of amides is 2. The Hall–Kier alpha value is -3.52. The molecule has 1 aromatic heterocycles. The van der Waals surface area contributed by atoms with Crippen molar-refractivity contribution in [2.75, 3.05) is 10.6 Å². The van der Waals surface area contributed by atoms with Crippen LogP contribution in [0.5, 0.6) is 0 Å². The number of hydrogen-bond acceptors (Lipinski definition) is 5. The lowest BCUT2D eigenvalue weighted by atomic mass is 10.1. The molecular formula is C18H13N3O4S. The van der Waals surface area contributed by atoms with Gasteiger partial charge in [0.25, 0.3) is 17.5 Å². The number of benzene rings is 2. The van der Waals surface area contributed by atoms with Crippen molar-refractivity contribution in [3.63, 3.8) is 0 Å². The molecule has 2 N–H and O–H groups in total. The van der Waals surface area contributed by atoms with Crippen LogP contribution in [-0.4, -0.2) is 16.7 Å². The van der Waals surface area contributed by atoms with Crippen molar-refractivity contribution < 1.29 is 14.5 Å². The van der Waals surface area contributed by atoms with Gasteiger partial charge in [0.2, 0.25) is 0 Å². The first-order chi connectivity index (χ1) is 12.5. The molecule has 2 aromatic carbocycles. The average molecular weight is 367 g/mol. The van der Waals surface area contributed by atoms with Crippen LogP contribution < -0.4 is 10.6 Å². The Kier molecular flexibility index (Phi) is 5.04. The Balaban J connectivity index is 1.76. The van der Waals surface area contributed by atoms with Crippen molar-refractivity contribution in [1.82, 2.24) is 0 Å². The minimum Gasteiger partial charge on any atom is -0.322 e. The Morgan fingerprint density at radius 2 is 1.58 bits per heavy atom. The summed E-state index contributed by atoms with van der Waals surface area (Å²) in [4.78, 5) is 35.5. The first kappa shape index (κ1) is 17.3. The summed E-state index contributed by atoms with van der Waals surface area (Å²) in [7, 11) is 0. The minimum absolute atomic E-state index is 0.0366. The molecule has 26 heavy (non-hydrogen) atoms. The van der Waals surface area contributed by atoms with Crippen molar-refractivity contribution in [3.05, 3.63) is 86.6 Å². The number of nitrogens with one attached hydrogen (secondary N) is 2. The van der Waals surface area contributed by atoms with Gasteiger partial charge in [-0.25, -0.2) is 0 Å². The molecule has 130 valence electrons. The van der Waals surface area contributed by atoms with Gasteiger partial charge in [0.15, 0.2) is 0 Å². The van der Waals surface area contributed by atoms with Gasteiger partial charge in [0.05, 0.1) is 9.80 Å². The highest BCUT2D eigenvalue weighted by Crippen LogP contribution is 2.21. The molecule has 0 unspecified atom stereocenters. The molecule has 0 atom stereocenters. The average Bonchev–Trinajstić information content (AvgIpc) is 3.17. The molecule has 0 aliphatic carbocycles. The number of nitrogens with zero attached hydrogens (tertiary/aromatic N) is 1. The van der Waals surface area contributed by atoms with Crippen LogP contribution in [0.1, 0.15) is 20.0 Å². The second kappa shape index (κ2) is 7.58. The highest BCUT2D eigenvalue weighted by atomic mass is 32.1. The highest BCUT2D eigenvalue weighted by molar-refractivity contribution is 7.12. The molecule has 0 aliphatic heterocycles. The van der Waals surface area contributed by atoms with Gasteiger partial charge in [0.1, 0.15) is 5.56 Å². The number of nitro benzene ring substituents is 1. The predicted molar refractivity (Wildman–Crippen MR) is 99.8 cm³/mol. The fourth-order valence-electron chi connectivity index (χ4n) is 2.30. The van der Waals surface area contributed by atoms with Crippen LogP contribution in [0.4, 0.5) is 17.1 Å². The molecule has 2 amide bonds. The zero-order chi connectivity index (χ0) is 18.5. The van der Waals surface area contributed by atoms with Crippen molar-refractivity contribution >= 4 is 40.2 Å². The monoisotopic (exact) mass is 367 g/mol. The third kappa shape index (κ3) is 3.93. The lowest BCUT2D eigenvalue weighted by molar-refractivity contribution is -0.385. The molecule has 3 aromatic rings. The normalized spacial score (nSPS) is 10.2. The number of para-hydroxylation sites is 1. The topological polar surface area (TPSA) is 101 Å². The summed E-state index contributed by atoms with van der Waals surface area (Å²) >= 11 is 1.32. The number of carbonyl (C=O) groups excluding carboxylic acids is 2. The number of carbonyl (C=O) groups is 2. The number of thiophene rings is 1. The summed E-state index contributed by atoms with van der Waals surface area (Å²) in [6.07, 6.45) is 0. The van der Waals surface area contributed by atoms with E-state index in [9.17, 15) is 19.7 Å². The molecule has 0 radical (unpaired) electrons. The zero-order valence-corrected chi connectivity index (χ0v) is 14.2. The van der Waals surface area contributed by atoms with Crippen molar-refractivity contribution in [2.24, 2.45) is 0 Å². The van der Waals surface area contributed by atoms with Crippen molar-refractivity contribution in [2.45, 2.75) is 0 Å². The fourth-order valence-corrected chi connectivity index (χ4v) is 2.92. The standard InChI is InChI=1S/C18H13N3O4S/c22-17(14-7-1-2-8-15(14)21(24)25)19-12-5-3-6-13(11-12)20-18(23)16-9-4-10-26-16/h1-11H,(H,19,22)(H,20,23). The first-order valence-electron chi connectivity index (χ1n) is 7.54. The Morgan fingerprint density at radius 1 is 0.885 bits per heavy atom. The first-order valence-corrected chi connectivity index (χ1v) is 8.42. The molecule has 0 bridgehead atoms. The molecule has 8 heteroatoms. The summed E-state index contributed by atoms with van der Waals surface area (Å²) in [6, 6.07) is 15.8. The summed E-state index contributed by atoms with van der Waals surface area (Å²) in [6.45, 7) is 0. The van der Waals surface area contributed by atoms with Gasteiger partial charge in [-0.3, -0.25) is 19.7 Å². The van der Waals surface area contributed by atoms with Gasteiger partial charge in [-0.05, 0) is 35.7 Å². The van der Waals surface area contributed by atoms with Crippen LogP contribution in [0.15, 0.2) is 66.0 Å². The van der Waals surface area contributed by atoms with Gasteiger partial charge in [-0.1, -0.05) is 24.3 Å². The fraction of sp³-hybridized carbons (Fsp3) is 0. The maximum absolute atomic E-state index is 12.4. The summed E-state index contributed by atoms with van der Waals surface area (Å²) < 4.78 is 0. The Labute approximate surface area is 152 Å². The zero-order valence-electron chi connectivity index (χ0n) is 13.3. The van der Waals surface area contributed by atoms with Crippen LogP contribution >= 0.6 is 11.3 Å². The largest absolute Gasteiger partial charge is 0.322 e. The van der Waals surface area contributed by atoms with Gasteiger partial charge < -0.3 is 10.6 Å². The third-order valence-corrected chi connectivity index (χ3v) is 4.34. The van der Waals surface area contributed by atoms with Crippen LogP contribution in [0.3, 0.4) is 0 Å². The van der Waals surface area contributed by atoms with E-state index in [0.29, 0.717) is 16.3 Å². The summed E-state index contributed by atoms with van der Waals surface area (Å²) in [5, 5.41) is 18.2. The van der Waals surface area contributed by atoms with Gasteiger partial charge in [-0.15, -0.1) is 11.3 Å². The van der Waals surface area contributed by atoms with E-state index in [0.717, 1.165) is 0 Å². The lowest BCUT2D eigenvalue weighted by Gasteiger charge is -2.08. The molecule has 3 rings (SSSR count). The highest BCUT2D eigenvalue weighted by Gasteiger charge is 2.19. The van der Waals surface area contributed by atoms with Crippen molar-refractivity contribution in [3.8, 4) is 0 Å². The molecule has 1 heterocycles. The Morgan fingerprint density at radius 3 is 2.23 bits per heavy atom. The smallest absolute Gasteiger partial charge is 0.282 e. The van der Waals surface area contributed by atoms with Gasteiger partial charge >= 0.3 is 0 Å². The second-order valence-corrected chi connectivity index (χ2v) is 6.19. The predicted octanol–water partition coefficient (Wildman–Crippen LogP) is 4.16. The van der Waals surface area contributed by atoms with E-state index < -0.39 is 10.8 Å². The van der Waals surface area contributed by atoms with E-state index in [1.807, 2.05) is 0 Å². The van der Waals surface area contributed by atoms with Crippen LogP contribution in [0, 0.1) is 10.1 Å². The van der Waals surface area contributed by atoms with Crippen LogP contribution in [-0.2, 0) is 0 Å². The summed E-state index contributed by atoms with van der Waals surface area (Å²) in [5.41, 5.74) is 0.610. The molecule has 0 aliphatic rings. The van der Waals surface area contributed by atoms with Crippen molar-refractivity contribution in [1.29, 1.82) is 0 Å². The van der Waals surface area contributed by atoms with Crippen LogP contribution in [0.25, 0.3) is 0 Å². The molecular weight excluding hydrogens is 354 g/mol.